The van der Waals surface area contributed by atoms with Crippen LogP contribution in [0.2, 0.25) is 0 Å². The quantitative estimate of drug-likeness (QED) is 0.784. The Kier molecular flexibility index (Phi) is 6.04. The van der Waals surface area contributed by atoms with Crippen molar-refractivity contribution in [3.05, 3.63) is 52.9 Å². The number of carbonyl (C=O) groups excluding carboxylic acids is 2. The Labute approximate surface area is 154 Å². The lowest BCUT2D eigenvalue weighted by Gasteiger charge is -2.07. The molecule has 9 heteroatoms. The zero-order chi connectivity index (χ0) is 20.2. The normalized spacial score (nSPS) is 11.6. The van der Waals surface area contributed by atoms with Crippen LogP contribution in [0.15, 0.2) is 30.3 Å². The van der Waals surface area contributed by atoms with Gasteiger partial charge in [-0.1, -0.05) is 12.1 Å². The van der Waals surface area contributed by atoms with E-state index in [1.165, 1.54) is 18.2 Å². The number of hydrogen-bond acceptors (Lipinski definition) is 3. The number of amides is 2. The van der Waals surface area contributed by atoms with E-state index in [0.717, 1.165) is 23.9 Å². The number of halogens is 3. The molecule has 27 heavy (non-hydrogen) atoms. The summed E-state index contributed by atoms with van der Waals surface area (Å²) in [7, 11) is 1.75. The number of nitrogens with zero attached hydrogens (tertiary/aromatic N) is 2. The number of alkyl halides is 3. The maximum absolute atomic E-state index is 12.7. The Morgan fingerprint density at radius 3 is 2.56 bits per heavy atom. The summed E-state index contributed by atoms with van der Waals surface area (Å²) >= 11 is 0. The van der Waals surface area contributed by atoms with Gasteiger partial charge in [0.1, 0.15) is 0 Å². The van der Waals surface area contributed by atoms with Crippen molar-refractivity contribution in [1.82, 2.24) is 15.1 Å². The fourth-order valence-electron chi connectivity index (χ4n) is 2.36. The molecule has 0 aliphatic rings. The smallest absolute Gasteiger partial charge is 0.343 e. The van der Waals surface area contributed by atoms with Gasteiger partial charge in [-0.25, -0.2) is 0 Å². The van der Waals surface area contributed by atoms with Crippen LogP contribution in [0.25, 0.3) is 6.08 Å². The van der Waals surface area contributed by atoms with Gasteiger partial charge in [-0.2, -0.15) is 18.3 Å². The first-order valence-corrected chi connectivity index (χ1v) is 8.01. The number of carbonyl (C=O) groups is 2. The Morgan fingerprint density at radius 1 is 1.26 bits per heavy atom. The van der Waals surface area contributed by atoms with E-state index in [0.29, 0.717) is 11.4 Å². The molecule has 0 unspecified atom stereocenters. The molecule has 0 atom stereocenters. The van der Waals surface area contributed by atoms with Crippen LogP contribution < -0.4 is 10.6 Å². The van der Waals surface area contributed by atoms with Gasteiger partial charge in [-0.05, 0) is 37.6 Å². The van der Waals surface area contributed by atoms with Gasteiger partial charge in [0.2, 0.25) is 11.8 Å². The summed E-state index contributed by atoms with van der Waals surface area (Å²) in [6.07, 6.45) is -2.13. The van der Waals surface area contributed by atoms with E-state index >= 15 is 0 Å². The highest BCUT2D eigenvalue weighted by atomic mass is 19.4. The highest BCUT2D eigenvalue weighted by molar-refractivity contribution is 5.98. The zero-order valence-corrected chi connectivity index (χ0v) is 15.0. The molecule has 1 heterocycles. The minimum absolute atomic E-state index is 0.228. The topological polar surface area (TPSA) is 76.0 Å². The van der Waals surface area contributed by atoms with Crippen LogP contribution in [0.3, 0.4) is 0 Å². The summed E-state index contributed by atoms with van der Waals surface area (Å²) in [6, 6.07) is 4.58. The molecule has 1 aromatic heterocycles. The van der Waals surface area contributed by atoms with Crippen LogP contribution in [-0.4, -0.2) is 28.1 Å². The SMILES string of the molecule is Cc1nn(C)c(C)c1NC(=O)CNC(=O)/C=C/c1cccc(C(F)(F)F)c1. The second-order valence-electron chi connectivity index (χ2n) is 5.89. The summed E-state index contributed by atoms with van der Waals surface area (Å²) in [5.74, 6) is -1.03. The van der Waals surface area contributed by atoms with Crippen molar-refractivity contribution >= 4 is 23.6 Å². The molecule has 2 rings (SSSR count). The Balaban J connectivity index is 1.90. The summed E-state index contributed by atoms with van der Waals surface area (Å²) in [4.78, 5) is 23.7. The summed E-state index contributed by atoms with van der Waals surface area (Å²) in [6.45, 7) is 3.27. The van der Waals surface area contributed by atoms with E-state index in [-0.39, 0.29) is 12.1 Å². The summed E-state index contributed by atoms with van der Waals surface area (Å²) in [5.41, 5.74) is 1.43. The minimum atomic E-state index is -4.45. The Morgan fingerprint density at radius 2 is 1.96 bits per heavy atom. The predicted octanol–water partition coefficient (Wildman–Crippen LogP) is 2.82. The maximum Gasteiger partial charge on any atom is 0.416 e. The lowest BCUT2D eigenvalue weighted by Crippen LogP contribution is -2.31. The molecule has 144 valence electrons. The maximum atomic E-state index is 12.7. The molecule has 6 nitrogen and oxygen atoms in total. The Bertz CT molecular complexity index is 885. The second-order valence-corrected chi connectivity index (χ2v) is 5.89. The zero-order valence-electron chi connectivity index (χ0n) is 15.0. The summed E-state index contributed by atoms with van der Waals surface area (Å²) in [5, 5.41) is 9.21. The first-order valence-electron chi connectivity index (χ1n) is 8.01. The fourth-order valence-corrected chi connectivity index (χ4v) is 2.36. The molecular formula is C18H19F3N4O2. The van der Waals surface area contributed by atoms with Gasteiger partial charge in [-0.15, -0.1) is 0 Å². The van der Waals surface area contributed by atoms with Crippen LogP contribution >= 0.6 is 0 Å². The van der Waals surface area contributed by atoms with Crippen LogP contribution in [0, 0.1) is 13.8 Å². The van der Waals surface area contributed by atoms with Gasteiger partial charge in [0.15, 0.2) is 0 Å². The molecule has 0 fully saturated rings. The van der Waals surface area contributed by atoms with E-state index in [1.54, 1.807) is 25.6 Å². The predicted molar refractivity (Wildman–Crippen MR) is 94.8 cm³/mol. The molecule has 0 aliphatic carbocycles. The van der Waals surface area contributed by atoms with Crippen LogP contribution in [-0.2, 0) is 22.8 Å². The second kappa shape index (κ2) is 8.07. The van der Waals surface area contributed by atoms with E-state index in [4.69, 9.17) is 0 Å². The number of aryl methyl sites for hydroxylation is 2. The highest BCUT2D eigenvalue weighted by Crippen LogP contribution is 2.29. The molecule has 2 aromatic rings. The van der Waals surface area contributed by atoms with Crippen LogP contribution in [0.5, 0.6) is 0 Å². The third-order valence-electron chi connectivity index (χ3n) is 3.84. The average Bonchev–Trinajstić information content (AvgIpc) is 2.84. The molecule has 0 saturated carbocycles. The van der Waals surface area contributed by atoms with Gasteiger partial charge in [0.25, 0.3) is 0 Å². The van der Waals surface area contributed by atoms with E-state index < -0.39 is 23.6 Å². The summed E-state index contributed by atoms with van der Waals surface area (Å²) < 4.78 is 39.6. The van der Waals surface area contributed by atoms with Crippen molar-refractivity contribution in [2.75, 3.05) is 11.9 Å². The first kappa shape index (κ1) is 20.2. The third-order valence-corrected chi connectivity index (χ3v) is 3.84. The average molecular weight is 380 g/mol. The molecule has 0 spiro atoms. The molecule has 0 bridgehead atoms. The lowest BCUT2D eigenvalue weighted by atomic mass is 10.1. The van der Waals surface area contributed by atoms with Crippen LogP contribution in [0.4, 0.5) is 18.9 Å². The van der Waals surface area contributed by atoms with E-state index in [1.807, 2.05) is 0 Å². The van der Waals surface area contributed by atoms with Gasteiger partial charge in [-0.3, -0.25) is 14.3 Å². The molecule has 0 radical (unpaired) electrons. The molecule has 2 amide bonds. The highest BCUT2D eigenvalue weighted by Gasteiger charge is 2.30. The van der Waals surface area contributed by atoms with Crippen molar-refractivity contribution in [3.8, 4) is 0 Å². The molecule has 0 saturated heterocycles. The number of hydrogen-bond donors (Lipinski definition) is 2. The molecule has 1 aromatic carbocycles. The van der Waals surface area contributed by atoms with Gasteiger partial charge < -0.3 is 10.6 Å². The van der Waals surface area contributed by atoms with Crippen molar-refractivity contribution in [3.63, 3.8) is 0 Å². The van der Waals surface area contributed by atoms with Gasteiger partial charge in [0, 0.05) is 13.1 Å². The van der Waals surface area contributed by atoms with E-state index in [9.17, 15) is 22.8 Å². The fraction of sp³-hybridized carbons (Fsp3) is 0.278. The molecule has 2 N–H and O–H groups in total. The number of anilines is 1. The Hall–Kier alpha value is -3.10. The number of benzene rings is 1. The van der Waals surface area contributed by atoms with Gasteiger partial charge in [0.05, 0.1) is 29.2 Å². The van der Waals surface area contributed by atoms with Crippen LogP contribution in [0.1, 0.15) is 22.5 Å². The van der Waals surface area contributed by atoms with Gasteiger partial charge >= 0.3 is 6.18 Å². The standard InChI is InChI=1S/C18H19F3N4O2/c1-11-17(12(2)25(3)24-11)23-16(27)10-22-15(26)8-7-13-5-4-6-14(9-13)18(19,20)21/h4-9H,10H2,1-3H3,(H,22,26)(H,23,27)/b8-7+. The van der Waals surface area contributed by atoms with Crippen molar-refractivity contribution in [2.24, 2.45) is 7.05 Å². The molecule has 0 aliphatic heterocycles. The number of rotatable bonds is 5. The van der Waals surface area contributed by atoms with E-state index in [2.05, 4.69) is 15.7 Å². The van der Waals surface area contributed by atoms with Crippen molar-refractivity contribution in [1.29, 1.82) is 0 Å². The monoisotopic (exact) mass is 380 g/mol. The third kappa shape index (κ3) is 5.44. The van der Waals surface area contributed by atoms with Crippen molar-refractivity contribution < 1.29 is 22.8 Å². The lowest BCUT2D eigenvalue weighted by molar-refractivity contribution is -0.137. The largest absolute Gasteiger partial charge is 0.416 e. The van der Waals surface area contributed by atoms with Crippen molar-refractivity contribution in [2.45, 2.75) is 20.0 Å². The minimum Gasteiger partial charge on any atom is -0.343 e. The number of aromatic nitrogens is 2. The number of nitrogens with one attached hydrogen (secondary N) is 2. The molecular weight excluding hydrogens is 361 g/mol. The first-order chi connectivity index (χ1) is 12.6.